The van der Waals surface area contributed by atoms with E-state index in [0.29, 0.717) is 11.3 Å². The molecule has 2 rings (SSSR count). The zero-order chi connectivity index (χ0) is 10.7. The summed E-state index contributed by atoms with van der Waals surface area (Å²) in [7, 11) is 0. The Hall–Kier alpha value is -0.470. The standard InChI is InChI=1S/C13H19NS/c1-10-5-2-3-6-11(10)9-15-13-8-4-7-12(13)14/h2-3,5-6,12-13H,4,7-9,14H2,1H3. The molecule has 1 nitrogen and oxygen atoms in total. The second kappa shape index (κ2) is 5.04. The summed E-state index contributed by atoms with van der Waals surface area (Å²) in [5.41, 5.74) is 8.92. The summed E-state index contributed by atoms with van der Waals surface area (Å²) in [6, 6.07) is 9.06. The Balaban J connectivity index is 1.90. The average Bonchev–Trinajstić information content (AvgIpc) is 2.63. The van der Waals surface area contributed by atoms with Crippen molar-refractivity contribution < 1.29 is 0 Å². The highest BCUT2D eigenvalue weighted by Gasteiger charge is 2.23. The number of hydrogen-bond acceptors (Lipinski definition) is 2. The molecule has 2 atom stereocenters. The van der Waals surface area contributed by atoms with E-state index < -0.39 is 0 Å². The van der Waals surface area contributed by atoms with Gasteiger partial charge in [0.2, 0.25) is 0 Å². The molecule has 0 radical (unpaired) electrons. The highest BCUT2D eigenvalue weighted by molar-refractivity contribution is 7.99. The van der Waals surface area contributed by atoms with Crippen molar-refractivity contribution in [3.63, 3.8) is 0 Å². The Morgan fingerprint density at radius 1 is 1.33 bits per heavy atom. The molecule has 0 aromatic heterocycles. The van der Waals surface area contributed by atoms with Crippen LogP contribution in [0.15, 0.2) is 24.3 Å². The second-order valence-electron chi connectivity index (χ2n) is 4.37. The Labute approximate surface area is 96.4 Å². The molecule has 1 aliphatic rings. The molecule has 0 spiro atoms. The summed E-state index contributed by atoms with van der Waals surface area (Å²) >= 11 is 2.03. The van der Waals surface area contributed by atoms with E-state index in [1.54, 1.807) is 0 Å². The molecule has 1 aromatic carbocycles. The van der Waals surface area contributed by atoms with Gasteiger partial charge in [-0.25, -0.2) is 0 Å². The molecule has 1 fully saturated rings. The molecule has 15 heavy (non-hydrogen) atoms. The van der Waals surface area contributed by atoms with Crippen LogP contribution in [0.1, 0.15) is 30.4 Å². The Morgan fingerprint density at radius 3 is 2.80 bits per heavy atom. The van der Waals surface area contributed by atoms with Crippen molar-refractivity contribution >= 4 is 11.8 Å². The van der Waals surface area contributed by atoms with Gasteiger partial charge in [-0.15, -0.1) is 0 Å². The van der Waals surface area contributed by atoms with Crippen molar-refractivity contribution in [2.24, 2.45) is 5.73 Å². The van der Waals surface area contributed by atoms with Crippen molar-refractivity contribution in [1.82, 2.24) is 0 Å². The van der Waals surface area contributed by atoms with Gasteiger partial charge in [-0.2, -0.15) is 11.8 Å². The van der Waals surface area contributed by atoms with E-state index in [2.05, 4.69) is 31.2 Å². The maximum atomic E-state index is 6.06. The van der Waals surface area contributed by atoms with Gasteiger partial charge in [0, 0.05) is 17.0 Å². The van der Waals surface area contributed by atoms with Gasteiger partial charge in [-0.1, -0.05) is 30.7 Å². The quantitative estimate of drug-likeness (QED) is 0.848. The third-order valence-electron chi connectivity index (χ3n) is 3.22. The lowest BCUT2D eigenvalue weighted by atomic mass is 10.1. The molecule has 1 saturated carbocycles. The molecule has 2 unspecified atom stereocenters. The summed E-state index contributed by atoms with van der Waals surface area (Å²) in [5, 5.41) is 0.685. The van der Waals surface area contributed by atoms with E-state index in [-0.39, 0.29) is 0 Å². The van der Waals surface area contributed by atoms with Gasteiger partial charge in [0.05, 0.1) is 0 Å². The number of hydrogen-bond donors (Lipinski definition) is 1. The molecule has 2 heteroatoms. The topological polar surface area (TPSA) is 26.0 Å². The van der Waals surface area contributed by atoms with Gasteiger partial charge in [-0.05, 0) is 30.9 Å². The molecule has 0 aliphatic heterocycles. The lowest BCUT2D eigenvalue weighted by molar-refractivity contribution is 0.716. The maximum Gasteiger partial charge on any atom is 0.0202 e. The lowest BCUT2D eigenvalue weighted by Crippen LogP contribution is -2.26. The summed E-state index contributed by atoms with van der Waals surface area (Å²) in [4.78, 5) is 0. The minimum atomic E-state index is 0.430. The molecule has 1 aromatic rings. The number of thioether (sulfide) groups is 1. The normalized spacial score (nSPS) is 25.7. The Morgan fingerprint density at radius 2 is 2.13 bits per heavy atom. The van der Waals surface area contributed by atoms with Crippen molar-refractivity contribution in [2.45, 2.75) is 43.2 Å². The predicted octanol–water partition coefficient (Wildman–Crippen LogP) is 3.11. The highest BCUT2D eigenvalue weighted by atomic mass is 32.2. The van der Waals surface area contributed by atoms with E-state index in [0.717, 1.165) is 5.75 Å². The molecule has 2 N–H and O–H groups in total. The minimum absolute atomic E-state index is 0.430. The smallest absolute Gasteiger partial charge is 0.0202 e. The minimum Gasteiger partial charge on any atom is -0.327 e. The van der Waals surface area contributed by atoms with Crippen molar-refractivity contribution in [3.8, 4) is 0 Å². The zero-order valence-electron chi connectivity index (χ0n) is 9.28. The highest BCUT2D eigenvalue weighted by Crippen LogP contribution is 2.31. The Bertz CT molecular complexity index is 324. The average molecular weight is 221 g/mol. The van der Waals surface area contributed by atoms with E-state index in [9.17, 15) is 0 Å². The van der Waals surface area contributed by atoms with Gasteiger partial charge < -0.3 is 5.73 Å². The first-order valence-corrected chi connectivity index (χ1v) is 6.74. The van der Waals surface area contributed by atoms with Gasteiger partial charge in [-0.3, -0.25) is 0 Å². The first-order chi connectivity index (χ1) is 7.27. The van der Waals surface area contributed by atoms with Crippen molar-refractivity contribution in [1.29, 1.82) is 0 Å². The predicted molar refractivity (Wildman–Crippen MR) is 68.1 cm³/mol. The van der Waals surface area contributed by atoms with E-state index in [1.807, 2.05) is 11.8 Å². The van der Waals surface area contributed by atoms with Crippen LogP contribution in [-0.2, 0) is 5.75 Å². The molecule has 0 bridgehead atoms. The van der Waals surface area contributed by atoms with E-state index in [1.165, 1.54) is 30.4 Å². The molecule has 82 valence electrons. The largest absolute Gasteiger partial charge is 0.327 e. The number of nitrogens with two attached hydrogens (primary N) is 1. The van der Waals surface area contributed by atoms with Gasteiger partial charge in [0.1, 0.15) is 0 Å². The van der Waals surface area contributed by atoms with Crippen LogP contribution < -0.4 is 5.73 Å². The summed E-state index contributed by atoms with van der Waals surface area (Å²) in [6.45, 7) is 2.18. The van der Waals surface area contributed by atoms with Gasteiger partial charge in [0.15, 0.2) is 0 Å². The van der Waals surface area contributed by atoms with E-state index in [4.69, 9.17) is 5.73 Å². The van der Waals surface area contributed by atoms with Crippen LogP contribution in [0.3, 0.4) is 0 Å². The first kappa shape index (κ1) is 11.0. The summed E-state index contributed by atoms with van der Waals surface area (Å²) in [5.74, 6) is 1.12. The zero-order valence-corrected chi connectivity index (χ0v) is 10.1. The molecule has 0 saturated heterocycles. The van der Waals surface area contributed by atoms with E-state index >= 15 is 0 Å². The number of rotatable bonds is 3. The Kier molecular flexibility index (Phi) is 3.71. The van der Waals surface area contributed by atoms with Crippen LogP contribution in [0.25, 0.3) is 0 Å². The van der Waals surface area contributed by atoms with Crippen LogP contribution in [0.4, 0.5) is 0 Å². The summed E-state index contributed by atoms with van der Waals surface area (Å²) in [6.07, 6.45) is 3.83. The monoisotopic (exact) mass is 221 g/mol. The van der Waals surface area contributed by atoms with Crippen LogP contribution in [0, 0.1) is 6.92 Å². The van der Waals surface area contributed by atoms with Gasteiger partial charge >= 0.3 is 0 Å². The molecule has 0 heterocycles. The lowest BCUT2D eigenvalue weighted by Gasteiger charge is -2.15. The SMILES string of the molecule is Cc1ccccc1CSC1CCCC1N. The third kappa shape index (κ3) is 2.76. The second-order valence-corrected chi connectivity index (χ2v) is 5.60. The van der Waals surface area contributed by atoms with Crippen LogP contribution in [0.5, 0.6) is 0 Å². The fourth-order valence-corrected chi connectivity index (χ4v) is 3.56. The number of aryl methyl sites for hydroxylation is 1. The fourth-order valence-electron chi connectivity index (χ4n) is 2.13. The summed E-state index contributed by atoms with van der Waals surface area (Å²) < 4.78 is 0. The van der Waals surface area contributed by atoms with Crippen LogP contribution in [-0.4, -0.2) is 11.3 Å². The molecule has 0 amide bonds. The van der Waals surface area contributed by atoms with Crippen molar-refractivity contribution in [2.75, 3.05) is 0 Å². The molecule has 1 aliphatic carbocycles. The first-order valence-electron chi connectivity index (χ1n) is 5.69. The fraction of sp³-hybridized carbons (Fsp3) is 0.538. The van der Waals surface area contributed by atoms with Crippen molar-refractivity contribution in [3.05, 3.63) is 35.4 Å². The maximum absolute atomic E-state index is 6.06. The van der Waals surface area contributed by atoms with Gasteiger partial charge in [0.25, 0.3) is 0 Å². The molecular weight excluding hydrogens is 202 g/mol. The molecular formula is C13H19NS. The third-order valence-corrected chi connectivity index (χ3v) is 4.71. The van der Waals surface area contributed by atoms with Crippen LogP contribution in [0.2, 0.25) is 0 Å². The number of benzene rings is 1. The van der Waals surface area contributed by atoms with Crippen LogP contribution >= 0.6 is 11.8 Å².